The quantitative estimate of drug-likeness (QED) is 0.0244. The van der Waals surface area contributed by atoms with E-state index in [4.69, 9.17) is 4.74 Å². The number of aliphatic hydroxyl groups is 2. The average Bonchev–Trinajstić information content (AvgIpc) is 3.32. The van der Waals surface area contributed by atoms with E-state index in [1.165, 1.54) is 173 Å². The van der Waals surface area contributed by atoms with Crippen LogP contribution >= 0.6 is 0 Å². The molecule has 0 bridgehead atoms. The summed E-state index contributed by atoms with van der Waals surface area (Å²) in [5, 5.41) is 23.9. The van der Waals surface area contributed by atoms with Crippen LogP contribution in [0.5, 0.6) is 0 Å². The van der Waals surface area contributed by atoms with Crippen LogP contribution in [0.2, 0.25) is 0 Å². The molecule has 0 heterocycles. The summed E-state index contributed by atoms with van der Waals surface area (Å²) < 4.78 is 5.95. The van der Waals surface area contributed by atoms with Gasteiger partial charge in [-0.3, -0.25) is 9.59 Å². The molecule has 0 aliphatic rings. The third-order valence-corrected chi connectivity index (χ3v) is 13.4. The van der Waals surface area contributed by atoms with E-state index in [0.717, 1.165) is 83.5 Å². The zero-order valence-electron chi connectivity index (χ0n) is 44.8. The number of aliphatic hydroxyl groups excluding tert-OH is 2. The van der Waals surface area contributed by atoms with Gasteiger partial charge in [-0.25, -0.2) is 0 Å². The molecule has 1 amide bonds. The minimum Gasteiger partial charge on any atom is -0.462 e. The molecule has 0 aliphatic carbocycles. The minimum absolute atomic E-state index is 0.0647. The first-order chi connectivity index (χ1) is 33.0. The molecule has 0 spiro atoms. The zero-order chi connectivity index (χ0) is 48.8. The van der Waals surface area contributed by atoms with Crippen molar-refractivity contribution in [3.05, 3.63) is 48.6 Å². The number of rotatable bonds is 53. The standard InChI is InChI=1S/C61H113NO5/c1-4-7-10-13-16-19-22-25-27-29-31-33-36-39-42-45-48-51-54-61(66)67-57(52-49-46-43-40-37-34-24-21-18-15-12-9-6-3)55-60(65)62-58(56-63)59(64)53-50-47-44-41-38-35-32-30-28-26-23-20-17-14-11-8-5-2/h21-22,24-25,27,29,31,33,57-59,63-64H,4-20,23,26,28,30,32,34-56H2,1-3H3,(H,62,65)/b24-21-,25-22+,29-27+,33-31+. The maximum Gasteiger partial charge on any atom is 0.306 e. The summed E-state index contributed by atoms with van der Waals surface area (Å²) in [6.45, 7) is 6.48. The van der Waals surface area contributed by atoms with Crippen LogP contribution in [-0.2, 0) is 14.3 Å². The highest BCUT2D eigenvalue weighted by molar-refractivity contribution is 5.77. The minimum atomic E-state index is -0.794. The molecule has 3 N–H and O–H groups in total. The Morgan fingerprint density at radius 1 is 0.433 bits per heavy atom. The predicted molar refractivity (Wildman–Crippen MR) is 292 cm³/mol. The van der Waals surface area contributed by atoms with Crippen molar-refractivity contribution in [1.82, 2.24) is 5.32 Å². The van der Waals surface area contributed by atoms with Crippen molar-refractivity contribution >= 4 is 11.9 Å². The molecule has 6 nitrogen and oxygen atoms in total. The predicted octanol–water partition coefficient (Wildman–Crippen LogP) is 18.2. The summed E-state index contributed by atoms with van der Waals surface area (Å²) in [5.74, 6) is -0.494. The molecule has 3 unspecified atom stereocenters. The Labute approximate surface area is 416 Å². The lowest BCUT2D eigenvalue weighted by Gasteiger charge is -2.24. The van der Waals surface area contributed by atoms with Crippen LogP contribution in [0.1, 0.15) is 303 Å². The van der Waals surface area contributed by atoms with E-state index in [2.05, 4.69) is 74.7 Å². The lowest BCUT2D eigenvalue weighted by Crippen LogP contribution is -2.46. The molecule has 0 rings (SSSR count). The Hall–Kier alpha value is -2.18. The van der Waals surface area contributed by atoms with E-state index in [-0.39, 0.29) is 24.9 Å². The molecule has 0 aromatic carbocycles. The second-order valence-electron chi connectivity index (χ2n) is 20.1. The molecule has 0 fully saturated rings. The van der Waals surface area contributed by atoms with Crippen molar-refractivity contribution in [2.24, 2.45) is 0 Å². The van der Waals surface area contributed by atoms with E-state index >= 15 is 0 Å². The molecule has 0 saturated heterocycles. The first-order valence-corrected chi connectivity index (χ1v) is 29.4. The molecule has 0 radical (unpaired) electrons. The van der Waals surface area contributed by atoms with Crippen molar-refractivity contribution in [3.63, 3.8) is 0 Å². The smallest absolute Gasteiger partial charge is 0.306 e. The topological polar surface area (TPSA) is 95.9 Å². The third-order valence-electron chi connectivity index (χ3n) is 13.4. The first kappa shape index (κ1) is 64.8. The number of amides is 1. The Bertz CT molecular complexity index is 1150. The number of ether oxygens (including phenoxy) is 1. The third kappa shape index (κ3) is 50.0. The van der Waals surface area contributed by atoms with Gasteiger partial charge in [0, 0.05) is 6.42 Å². The Kier molecular flexibility index (Phi) is 53.0. The number of hydrogen-bond acceptors (Lipinski definition) is 5. The fourth-order valence-electron chi connectivity index (χ4n) is 8.96. The number of unbranched alkanes of at least 4 members (excludes halogenated alkanes) is 35. The summed E-state index contributed by atoms with van der Waals surface area (Å²) >= 11 is 0. The number of nitrogens with one attached hydrogen (secondary N) is 1. The van der Waals surface area contributed by atoms with Crippen molar-refractivity contribution < 1.29 is 24.5 Å². The number of carbonyl (C=O) groups excluding carboxylic acids is 2. The van der Waals surface area contributed by atoms with Crippen molar-refractivity contribution in [3.8, 4) is 0 Å². The monoisotopic (exact) mass is 940 g/mol. The molecular weight excluding hydrogens is 827 g/mol. The van der Waals surface area contributed by atoms with Gasteiger partial charge in [0.1, 0.15) is 6.10 Å². The van der Waals surface area contributed by atoms with Gasteiger partial charge >= 0.3 is 5.97 Å². The average molecular weight is 941 g/mol. The lowest BCUT2D eigenvalue weighted by molar-refractivity contribution is -0.151. The summed E-state index contributed by atoms with van der Waals surface area (Å²) in [5.41, 5.74) is 0. The second kappa shape index (κ2) is 54.8. The highest BCUT2D eigenvalue weighted by Gasteiger charge is 2.24. The van der Waals surface area contributed by atoms with Crippen LogP contribution in [0.25, 0.3) is 0 Å². The fourth-order valence-corrected chi connectivity index (χ4v) is 8.96. The van der Waals surface area contributed by atoms with Gasteiger partial charge in [-0.2, -0.15) is 0 Å². The highest BCUT2D eigenvalue weighted by Crippen LogP contribution is 2.18. The van der Waals surface area contributed by atoms with Crippen LogP contribution in [0.15, 0.2) is 48.6 Å². The van der Waals surface area contributed by atoms with Gasteiger partial charge in [0.2, 0.25) is 5.91 Å². The maximum atomic E-state index is 13.3. The second-order valence-corrected chi connectivity index (χ2v) is 20.1. The van der Waals surface area contributed by atoms with E-state index < -0.39 is 18.2 Å². The Balaban J connectivity index is 4.54. The van der Waals surface area contributed by atoms with Crippen molar-refractivity contribution in [1.29, 1.82) is 0 Å². The summed E-state index contributed by atoms with van der Waals surface area (Å²) in [6.07, 6.45) is 67.4. The Morgan fingerprint density at radius 2 is 0.776 bits per heavy atom. The van der Waals surface area contributed by atoms with Gasteiger partial charge < -0.3 is 20.3 Å². The highest BCUT2D eigenvalue weighted by atomic mass is 16.5. The van der Waals surface area contributed by atoms with Crippen LogP contribution < -0.4 is 5.32 Å². The SMILES string of the molecule is CCCCCC/C=C\CCCCCCCC(CC(=O)NC(CO)C(O)CCCCCCCCCCCCCCCCCCC)OC(=O)CCCCCCC/C=C/C=C/C=C/CCCCCCC. The molecule has 0 saturated carbocycles. The van der Waals surface area contributed by atoms with Crippen LogP contribution in [0.3, 0.4) is 0 Å². The van der Waals surface area contributed by atoms with E-state index in [9.17, 15) is 19.8 Å². The fraction of sp³-hybridized carbons (Fsp3) is 0.836. The molecule has 0 aromatic heterocycles. The first-order valence-electron chi connectivity index (χ1n) is 29.4. The Morgan fingerprint density at radius 3 is 1.19 bits per heavy atom. The van der Waals surface area contributed by atoms with Crippen LogP contribution in [-0.4, -0.2) is 46.9 Å². The molecular formula is C61H113NO5. The lowest BCUT2D eigenvalue weighted by atomic mass is 10.0. The van der Waals surface area contributed by atoms with E-state index in [1.54, 1.807) is 0 Å². The molecule has 67 heavy (non-hydrogen) atoms. The largest absolute Gasteiger partial charge is 0.462 e. The summed E-state index contributed by atoms with van der Waals surface area (Å²) in [4.78, 5) is 26.3. The number of allylic oxidation sites excluding steroid dienone is 8. The van der Waals surface area contributed by atoms with E-state index in [1.807, 2.05) is 0 Å². The molecule has 392 valence electrons. The zero-order valence-corrected chi connectivity index (χ0v) is 44.8. The normalized spacial score (nSPS) is 13.4. The van der Waals surface area contributed by atoms with Gasteiger partial charge in [0.15, 0.2) is 0 Å². The number of hydrogen-bond donors (Lipinski definition) is 3. The molecule has 3 atom stereocenters. The summed E-state index contributed by atoms with van der Waals surface area (Å²) in [7, 11) is 0. The van der Waals surface area contributed by atoms with Crippen LogP contribution in [0.4, 0.5) is 0 Å². The van der Waals surface area contributed by atoms with E-state index in [0.29, 0.717) is 19.3 Å². The van der Waals surface area contributed by atoms with Gasteiger partial charge in [0.05, 0.1) is 25.2 Å². The number of carbonyl (C=O) groups is 2. The van der Waals surface area contributed by atoms with Crippen LogP contribution in [0, 0.1) is 0 Å². The molecule has 0 aliphatic heterocycles. The van der Waals surface area contributed by atoms with Gasteiger partial charge in [-0.05, 0) is 77.0 Å². The van der Waals surface area contributed by atoms with Gasteiger partial charge in [-0.1, -0.05) is 262 Å². The summed E-state index contributed by atoms with van der Waals surface area (Å²) in [6, 6.07) is -0.709. The van der Waals surface area contributed by atoms with Gasteiger partial charge in [-0.15, -0.1) is 0 Å². The van der Waals surface area contributed by atoms with Crippen molar-refractivity contribution in [2.75, 3.05) is 6.61 Å². The number of esters is 1. The molecule has 0 aromatic rings. The van der Waals surface area contributed by atoms with Gasteiger partial charge in [0.25, 0.3) is 0 Å². The van der Waals surface area contributed by atoms with Crippen molar-refractivity contribution in [2.45, 2.75) is 322 Å². The maximum absolute atomic E-state index is 13.3. The molecule has 6 heteroatoms.